The summed E-state index contributed by atoms with van der Waals surface area (Å²) >= 11 is 6.34. The molecular weight excluding hydrogens is 280 g/mol. The van der Waals surface area contributed by atoms with E-state index in [1.807, 2.05) is 0 Å². The second-order valence-corrected chi connectivity index (χ2v) is 4.29. The Hall–Kier alpha value is -1.99. The summed E-state index contributed by atoms with van der Waals surface area (Å²) in [6.45, 7) is 0. The van der Waals surface area contributed by atoms with Crippen LogP contribution in [0.3, 0.4) is 0 Å². The quantitative estimate of drug-likeness (QED) is 0.686. The van der Waals surface area contributed by atoms with Crippen LogP contribution in [0.5, 0.6) is 5.75 Å². The molecule has 6 nitrogen and oxygen atoms in total. The number of benzene rings is 1. The first-order valence-corrected chi connectivity index (χ1v) is 5.76. The number of carbonyl (C=O) groups is 2. The molecule has 0 radical (unpaired) electrons. The van der Waals surface area contributed by atoms with E-state index >= 15 is 0 Å². The maximum Gasteiger partial charge on any atom is 0.366 e. The minimum Gasteiger partial charge on any atom is -0.477 e. The van der Waals surface area contributed by atoms with Gasteiger partial charge in [-0.2, -0.15) is 0 Å². The summed E-state index contributed by atoms with van der Waals surface area (Å²) < 4.78 is 8.36. The minimum atomic E-state index is -1.27. The van der Waals surface area contributed by atoms with Crippen molar-refractivity contribution in [3.63, 3.8) is 0 Å². The number of hydrogen-bond acceptors (Lipinski definition) is 6. The van der Waals surface area contributed by atoms with E-state index in [1.165, 1.54) is 12.1 Å². The maximum atomic E-state index is 11.7. The average Bonchev–Trinajstić information content (AvgIpc) is 2.77. The van der Waals surface area contributed by atoms with Crippen LogP contribution in [0.15, 0.2) is 24.3 Å². The maximum absolute atomic E-state index is 11.7. The highest BCUT2D eigenvalue weighted by Crippen LogP contribution is 2.19. The first-order chi connectivity index (χ1) is 8.58. The number of carboxylic acid groups (broad SMARTS) is 1. The Bertz CT molecular complexity index is 613. The second-order valence-electron chi connectivity index (χ2n) is 3.10. The Morgan fingerprint density at radius 1 is 1.39 bits per heavy atom. The molecule has 2 rings (SSSR count). The molecule has 1 aromatic carbocycles. The lowest BCUT2D eigenvalue weighted by atomic mass is 10.3. The predicted octanol–water partition coefficient (Wildman–Crippen LogP) is 2.11. The number of halogens is 1. The van der Waals surface area contributed by atoms with Gasteiger partial charge in [0, 0.05) is 5.02 Å². The van der Waals surface area contributed by atoms with Crippen LogP contribution in [0.25, 0.3) is 0 Å². The first kappa shape index (κ1) is 12.5. The van der Waals surface area contributed by atoms with Crippen LogP contribution in [0.4, 0.5) is 0 Å². The molecule has 1 heterocycles. The number of ether oxygens (including phenoxy) is 1. The molecule has 0 amide bonds. The summed E-state index contributed by atoms with van der Waals surface area (Å²) in [7, 11) is 0. The summed E-state index contributed by atoms with van der Waals surface area (Å²) in [5.74, 6) is -1.96. The Kier molecular flexibility index (Phi) is 3.54. The fourth-order valence-electron chi connectivity index (χ4n) is 1.15. The highest BCUT2D eigenvalue weighted by atomic mass is 35.5. The number of aromatic nitrogens is 2. The summed E-state index contributed by atoms with van der Waals surface area (Å²) in [6.07, 6.45) is 0. The fraction of sp³-hybridized carbons (Fsp3) is 0. The Labute approximate surface area is 110 Å². The molecule has 0 unspecified atom stereocenters. The number of hydrogen-bond donors (Lipinski definition) is 1. The van der Waals surface area contributed by atoms with Gasteiger partial charge in [-0.1, -0.05) is 22.2 Å². The van der Waals surface area contributed by atoms with Gasteiger partial charge < -0.3 is 9.84 Å². The third kappa shape index (κ3) is 2.63. The highest BCUT2D eigenvalue weighted by Gasteiger charge is 2.23. The highest BCUT2D eigenvalue weighted by molar-refractivity contribution is 7.08. The fourth-order valence-corrected chi connectivity index (χ4v) is 1.82. The monoisotopic (exact) mass is 284 g/mol. The van der Waals surface area contributed by atoms with Gasteiger partial charge in [0.25, 0.3) is 0 Å². The van der Waals surface area contributed by atoms with Gasteiger partial charge in [-0.25, -0.2) is 9.59 Å². The van der Waals surface area contributed by atoms with Gasteiger partial charge in [0.15, 0.2) is 10.6 Å². The molecule has 2 aromatic rings. The van der Waals surface area contributed by atoms with Crippen LogP contribution in [0, 0.1) is 0 Å². The molecule has 8 heteroatoms. The van der Waals surface area contributed by atoms with Gasteiger partial charge in [0.05, 0.1) is 0 Å². The first-order valence-electron chi connectivity index (χ1n) is 4.61. The lowest BCUT2D eigenvalue weighted by molar-refractivity contribution is 0.0669. The number of rotatable bonds is 3. The minimum absolute atomic E-state index is 0.205. The Morgan fingerprint density at radius 3 is 2.83 bits per heavy atom. The molecule has 0 fully saturated rings. The molecule has 0 aliphatic rings. The number of aromatic carboxylic acids is 1. The van der Waals surface area contributed by atoms with Crippen molar-refractivity contribution in [2.75, 3.05) is 0 Å². The molecule has 0 saturated heterocycles. The molecule has 18 heavy (non-hydrogen) atoms. The van der Waals surface area contributed by atoms with Crippen LogP contribution < -0.4 is 4.74 Å². The van der Waals surface area contributed by atoms with E-state index in [0.29, 0.717) is 16.6 Å². The number of esters is 1. The van der Waals surface area contributed by atoms with Crippen molar-refractivity contribution in [3.8, 4) is 5.75 Å². The van der Waals surface area contributed by atoms with Crippen molar-refractivity contribution >= 4 is 35.1 Å². The van der Waals surface area contributed by atoms with Crippen LogP contribution in [-0.4, -0.2) is 26.6 Å². The zero-order valence-corrected chi connectivity index (χ0v) is 10.2. The van der Waals surface area contributed by atoms with Gasteiger partial charge in [-0.15, -0.1) is 5.10 Å². The van der Waals surface area contributed by atoms with Gasteiger partial charge in [-0.3, -0.25) is 0 Å². The molecular formula is C10H5ClN2O4S. The van der Waals surface area contributed by atoms with Crippen molar-refractivity contribution in [2.24, 2.45) is 0 Å². The predicted molar refractivity (Wildman–Crippen MR) is 63.3 cm³/mol. The molecule has 1 N–H and O–H groups in total. The van der Waals surface area contributed by atoms with E-state index in [0.717, 1.165) is 0 Å². The van der Waals surface area contributed by atoms with Crippen molar-refractivity contribution in [1.29, 1.82) is 0 Å². The lowest BCUT2D eigenvalue weighted by Crippen LogP contribution is -2.13. The topological polar surface area (TPSA) is 89.4 Å². The van der Waals surface area contributed by atoms with Crippen molar-refractivity contribution in [2.45, 2.75) is 0 Å². The van der Waals surface area contributed by atoms with Gasteiger partial charge in [-0.05, 0) is 29.7 Å². The van der Waals surface area contributed by atoms with Gasteiger partial charge >= 0.3 is 11.9 Å². The van der Waals surface area contributed by atoms with E-state index in [1.54, 1.807) is 12.1 Å². The largest absolute Gasteiger partial charge is 0.477 e. The van der Waals surface area contributed by atoms with Crippen molar-refractivity contribution in [3.05, 3.63) is 39.9 Å². The number of nitrogens with zero attached hydrogens (tertiary/aromatic N) is 2. The molecule has 0 aliphatic carbocycles. The van der Waals surface area contributed by atoms with Crippen LogP contribution in [0.1, 0.15) is 20.2 Å². The molecule has 92 valence electrons. The van der Waals surface area contributed by atoms with Crippen molar-refractivity contribution in [1.82, 2.24) is 9.59 Å². The number of carboxylic acids is 1. The standard InChI is InChI=1S/C10H5ClN2O4S/c11-5-2-1-3-6(4-5)17-10(16)7-8(9(14)15)18-13-12-7/h1-4H,(H,14,15). The Morgan fingerprint density at radius 2 is 2.17 bits per heavy atom. The summed E-state index contributed by atoms with van der Waals surface area (Å²) in [5, 5.41) is 12.6. The van der Waals surface area contributed by atoms with Crippen molar-refractivity contribution < 1.29 is 19.4 Å². The average molecular weight is 285 g/mol. The molecule has 0 saturated carbocycles. The molecule has 0 bridgehead atoms. The van der Waals surface area contributed by atoms with E-state index in [4.69, 9.17) is 21.4 Å². The molecule has 0 atom stereocenters. The van der Waals surface area contributed by atoms with Crippen LogP contribution in [0.2, 0.25) is 5.02 Å². The summed E-state index contributed by atoms with van der Waals surface area (Å²) in [5.41, 5.74) is -0.326. The number of carbonyl (C=O) groups excluding carboxylic acids is 1. The van der Waals surface area contributed by atoms with E-state index in [2.05, 4.69) is 9.59 Å². The zero-order valence-electron chi connectivity index (χ0n) is 8.66. The summed E-state index contributed by atoms with van der Waals surface area (Å²) in [4.78, 5) is 22.2. The van der Waals surface area contributed by atoms with Gasteiger partial charge in [0.1, 0.15) is 5.75 Å². The zero-order chi connectivity index (χ0) is 13.1. The molecule has 0 spiro atoms. The van der Waals surface area contributed by atoms with Crippen LogP contribution in [-0.2, 0) is 0 Å². The summed E-state index contributed by atoms with van der Waals surface area (Å²) in [6, 6.07) is 6.16. The normalized spacial score (nSPS) is 10.1. The van der Waals surface area contributed by atoms with Gasteiger partial charge in [0.2, 0.25) is 0 Å². The lowest BCUT2D eigenvalue weighted by Gasteiger charge is -2.02. The smallest absolute Gasteiger partial charge is 0.366 e. The van der Waals surface area contributed by atoms with E-state index in [-0.39, 0.29) is 16.3 Å². The second kappa shape index (κ2) is 5.11. The third-order valence-corrected chi connectivity index (χ3v) is 2.83. The Balaban J connectivity index is 2.22. The van der Waals surface area contributed by atoms with E-state index < -0.39 is 11.9 Å². The SMILES string of the molecule is O=C(Oc1cccc(Cl)c1)c1nnsc1C(=O)O. The molecule has 0 aliphatic heterocycles. The third-order valence-electron chi connectivity index (χ3n) is 1.88. The van der Waals surface area contributed by atoms with Crippen LogP contribution >= 0.6 is 23.1 Å². The molecule has 1 aromatic heterocycles. The van der Waals surface area contributed by atoms with E-state index in [9.17, 15) is 9.59 Å².